The van der Waals surface area contributed by atoms with Gasteiger partial charge in [-0.3, -0.25) is 0 Å². The van der Waals surface area contributed by atoms with E-state index in [1.54, 1.807) is 0 Å². The lowest BCUT2D eigenvalue weighted by molar-refractivity contribution is -0.274. The van der Waals surface area contributed by atoms with Crippen molar-refractivity contribution in [2.45, 2.75) is 25.4 Å². The summed E-state index contributed by atoms with van der Waals surface area (Å²) in [6, 6.07) is 13.4. The molecule has 138 valence electrons. The standard InChI is InChI=1S/C18H18F3N3O2/c19-18(20,21)26-14-7-5-12(6-8-14)10-23-17(22)24-11-15-9-13-3-1-2-4-16(13)25-15/h1-8,15H,9-11H2,(H3,22,23,24). The third kappa shape index (κ3) is 5.05. The highest BCUT2D eigenvalue weighted by Crippen LogP contribution is 2.27. The average Bonchev–Trinajstić information content (AvgIpc) is 3.01. The minimum absolute atomic E-state index is 0.0139. The molecule has 1 unspecified atom stereocenters. The maximum atomic E-state index is 12.1. The molecule has 0 amide bonds. The number of para-hydroxylation sites is 1. The number of guanidine groups is 1. The fraction of sp³-hybridized carbons (Fsp3) is 0.278. The van der Waals surface area contributed by atoms with Crippen molar-refractivity contribution >= 4 is 5.96 Å². The molecule has 1 aliphatic heterocycles. The number of hydrogen-bond acceptors (Lipinski definition) is 3. The Morgan fingerprint density at radius 1 is 1.19 bits per heavy atom. The zero-order chi connectivity index (χ0) is 18.6. The second-order valence-corrected chi connectivity index (χ2v) is 5.83. The number of nitrogens with two attached hydrogens (primary N) is 1. The second-order valence-electron chi connectivity index (χ2n) is 5.83. The van der Waals surface area contributed by atoms with Crippen LogP contribution < -0.4 is 20.5 Å². The Hall–Kier alpha value is -2.90. The van der Waals surface area contributed by atoms with Crippen molar-refractivity contribution in [3.8, 4) is 11.5 Å². The van der Waals surface area contributed by atoms with Gasteiger partial charge in [0, 0.05) is 6.42 Å². The molecular weight excluding hydrogens is 347 g/mol. The Morgan fingerprint density at radius 3 is 2.62 bits per heavy atom. The van der Waals surface area contributed by atoms with Crippen molar-refractivity contribution in [1.82, 2.24) is 5.32 Å². The zero-order valence-corrected chi connectivity index (χ0v) is 13.8. The predicted octanol–water partition coefficient (Wildman–Crippen LogP) is 2.99. The Bertz CT molecular complexity index is 751. The number of ether oxygens (including phenoxy) is 2. The van der Waals surface area contributed by atoms with Gasteiger partial charge in [0.1, 0.15) is 17.6 Å². The largest absolute Gasteiger partial charge is 0.573 e. The Labute approximate surface area is 148 Å². The molecule has 0 saturated carbocycles. The molecule has 1 atom stereocenters. The van der Waals surface area contributed by atoms with E-state index in [0.29, 0.717) is 12.1 Å². The lowest BCUT2D eigenvalue weighted by Crippen LogP contribution is -2.39. The highest BCUT2D eigenvalue weighted by molar-refractivity contribution is 5.77. The number of alkyl halides is 3. The summed E-state index contributed by atoms with van der Waals surface area (Å²) in [6.07, 6.45) is -3.91. The molecule has 2 aromatic rings. The molecule has 0 radical (unpaired) electrons. The van der Waals surface area contributed by atoms with Gasteiger partial charge in [-0.1, -0.05) is 30.3 Å². The van der Waals surface area contributed by atoms with Crippen LogP contribution in [-0.4, -0.2) is 25.0 Å². The maximum Gasteiger partial charge on any atom is 0.573 e. The quantitative estimate of drug-likeness (QED) is 0.631. The first-order chi connectivity index (χ1) is 12.4. The Balaban J connectivity index is 1.45. The molecule has 0 aromatic heterocycles. The molecule has 0 aliphatic carbocycles. The highest BCUT2D eigenvalue weighted by atomic mass is 19.4. The molecule has 3 N–H and O–H groups in total. The summed E-state index contributed by atoms with van der Waals surface area (Å²) in [7, 11) is 0. The van der Waals surface area contributed by atoms with Crippen LogP contribution in [0.5, 0.6) is 11.5 Å². The molecule has 26 heavy (non-hydrogen) atoms. The van der Waals surface area contributed by atoms with Gasteiger partial charge >= 0.3 is 6.36 Å². The monoisotopic (exact) mass is 365 g/mol. The summed E-state index contributed by atoms with van der Waals surface area (Å²) < 4.78 is 46.0. The van der Waals surface area contributed by atoms with Gasteiger partial charge in [-0.15, -0.1) is 13.2 Å². The fourth-order valence-corrected chi connectivity index (χ4v) is 2.62. The molecule has 1 heterocycles. The number of rotatable bonds is 5. The lowest BCUT2D eigenvalue weighted by Gasteiger charge is -2.12. The smallest absolute Gasteiger partial charge is 0.488 e. The van der Waals surface area contributed by atoms with Gasteiger partial charge in [0.25, 0.3) is 0 Å². The van der Waals surface area contributed by atoms with Crippen molar-refractivity contribution < 1.29 is 22.6 Å². The van der Waals surface area contributed by atoms with E-state index in [2.05, 4.69) is 15.0 Å². The molecule has 0 fully saturated rings. The zero-order valence-electron chi connectivity index (χ0n) is 13.8. The highest BCUT2D eigenvalue weighted by Gasteiger charge is 2.30. The normalized spacial score (nSPS) is 16.7. The van der Waals surface area contributed by atoms with E-state index in [9.17, 15) is 13.2 Å². The lowest BCUT2D eigenvalue weighted by atomic mass is 10.1. The number of benzene rings is 2. The number of halogens is 3. The van der Waals surface area contributed by atoms with E-state index in [0.717, 1.165) is 17.7 Å². The van der Waals surface area contributed by atoms with E-state index in [4.69, 9.17) is 10.5 Å². The van der Waals surface area contributed by atoms with Crippen LogP contribution in [0.25, 0.3) is 0 Å². The van der Waals surface area contributed by atoms with Gasteiger partial charge in [-0.2, -0.15) is 0 Å². The van der Waals surface area contributed by atoms with Gasteiger partial charge in [0.15, 0.2) is 5.96 Å². The summed E-state index contributed by atoms with van der Waals surface area (Å²) in [5, 5.41) is 3.00. The van der Waals surface area contributed by atoms with E-state index in [1.165, 1.54) is 24.3 Å². The van der Waals surface area contributed by atoms with Crippen molar-refractivity contribution in [1.29, 1.82) is 0 Å². The SMILES string of the molecule is NC(=NCc1ccc(OC(F)(F)F)cc1)NCC1Cc2ccccc2O1. The molecule has 1 aliphatic rings. The molecule has 0 saturated heterocycles. The van der Waals surface area contributed by atoms with Crippen LogP contribution in [0.1, 0.15) is 11.1 Å². The van der Waals surface area contributed by atoms with Crippen LogP contribution >= 0.6 is 0 Å². The molecule has 8 heteroatoms. The van der Waals surface area contributed by atoms with E-state index < -0.39 is 6.36 Å². The van der Waals surface area contributed by atoms with Crippen LogP contribution in [0, 0.1) is 0 Å². The molecule has 5 nitrogen and oxygen atoms in total. The van der Waals surface area contributed by atoms with Gasteiger partial charge < -0.3 is 20.5 Å². The van der Waals surface area contributed by atoms with E-state index >= 15 is 0 Å². The van der Waals surface area contributed by atoms with Gasteiger partial charge in [-0.05, 0) is 29.3 Å². The van der Waals surface area contributed by atoms with Crippen molar-refractivity contribution in [2.24, 2.45) is 10.7 Å². The summed E-state index contributed by atoms with van der Waals surface area (Å²) in [5.41, 5.74) is 7.71. The van der Waals surface area contributed by atoms with Crippen LogP contribution in [0.2, 0.25) is 0 Å². The Morgan fingerprint density at radius 2 is 1.92 bits per heavy atom. The number of nitrogens with zero attached hydrogens (tertiary/aromatic N) is 1. The third-order valence-corrected chi connectivity index (χ3v) is 3.81. The molecule has 2 aromatic carbocycles. The maximum absolute atomic E-state index is 12.1. The number of hydrogen-bond donors (Lipinski definition) is 2. The van der Waals surface area contributed by atoms with E-state index in [-0.39, 0.29) is 24.4 Å². The van der Waals surface area contributed by atoms with Crippen molar-refractivity contribution in [3.05, 3.63) is 59.7 Å². The minimum Gasteiger partial charge on any atom is -0.488 e. The van der Waals surface area contributed by atoms with Gasteiger partial charge in [0.05, 0.1) is 13.1 Å². The first-order valence-electron chi connectivity index (χ1n) is 8.02. The summed E-state index contributed by atoms with van der Waals surface area (Å²) in [4.78, 5) is 4.17. The first kappa shape index (κ1) is 17.9. The van der Waals surface area contributed by atoms with Crippen LogP contribution in [0.4, 0.5) is 13.2 Å². The topological polar surface area (TPSA) is 68.9 Å². The molecule has 3 rings (SSSR count). The molecule has 0 spiro atoms. The number of fused-ring (bicyclic) bond motifs is 1. The van der Waals surface area contributed by atoms with Crippen LogP contribution in [0.3, 0.4) is 0 Å². The van der Waals surface area contributed by atoms with Crippen LogP contribution in [0.15, 0.2) is 53.5 Å². The van der Waals surface area contributed by atoms with Crippen molar-refractivity contribution in [2.75, 3.05) is 6.54 Å². The average molecular weight is 365 g/mol. The first-order valence-corrected chi connectivity index (χ1v) is 8.02. The summed E-state index contributed by atoms with van der Waals surface area (Å²) in [6.45, 7) is 0.763. The Kier molecular flexibility index (Phi) is 5.20. The minimum atomic E-state index is -4.70. The van der Waals surface area contributed by atoms with Gasteiger partial charge in [0.2, 0.25) is 0 Å². The van der Waals surface area contributed by atoms with Gasteiger partial charge in [-0.25, -0.2) is 4.99 Å². The molecular formula is C18H18F3N3O2. The second kappa shape index (κ2) is 7.55. The van der Waals surface area contributed by atoms with E-state index in [1.807, 2.05) is 24.3 Å². The third-order valence-electron chi connectivity index (χ3n) is 3.81. The number of aliphatic imine (C=N–C) groups is 1. The van der Waals surface area contributed by atoms with Crippen LogP contribution in [-0.2, 0) is 13.0 Å². The number of nitrogens with one attached hydrogen (secondary N) is 1. The van der Waals surface area contributed by atoms with Crippen molar-refractivity contribution in [3.63, 3.8) is 0 Å². The predicted molar refractivity (Wildman–Crippen MR) is 91.0 cm³/mol. The molecule has 0 bridgehead atoms. The fourth-order valence-electron chi connectivity index (χ4n) is 2.62. The summed E-state index contributed by atoms with van der Waals surface area (Å²) in [5.74, 6) is 0.866. The summed E-state index contributed by atoms with van der Waals surface area (Å²) >= 11 is 0.